The Bertz CT molecular complexity index is 591. The van der Waals surface area contributed by atoms with E-state index in [1.165, 1.54) is 11.1 Å². The molecule has 1 saturated heterocycles. The molecule has 104 valence electrons. The van der Waals surface area contributed by atoms with Gasteiger partial charge in [0.25, 0.3) is 0 Å². The molecule has 2 aromatic rings. The molecule has 0 unspecified atom stereocenters. The van der Waals surface area contributed by atoms with E-state index < -0.39 is 0 Å². The summed E-state index contributed by atoms with van der Waals surface area (Å²) in [4.78, 5) is 0. The van der Waals surface area contributed by atoms with Crippen molar-refractivity contribution in [1.29, 1.82) is 0 Å². The largest absolute Gasteiger partial charge is 0.315 e. The third-order valence-electron chi connectivity index (χ3n) is 4.00. The van der Waals surface area contributed by atoms with E-state index in [0.717, 1.165) is 31.0 Å². The topological polar surface area (TPSA) is 12.0 Å². The summed E-state index contributed by atoms with van der Waals surface area (Å²) in [6.07, 6.45) is 2.07. The molecule has 3 heteroatoms. The van der Waals surface area contributed by atoms with Gasteiger partial charge in [-0.05, 0) is 36.1 Å². The Labute approximate surface area is 129 Å². The molecule has 1 N–H and O–H groups in total. The monoisotopic (exact) mass is 305 g/mol. The minimum Gasteiger partial charge on any atom is -0.315 e. The SMILES string of the molecule is Clc1ccc(CC2(Cc3ccccc3)CNC2)c(Cl)c1. The number of nitrogens with one attached hydrogen (secondary N) is 1. The van der Waals surface area contributed by atoms with Gasteiger partial charge in [-0.1, -0.05) is 59.6 Å². The van der Waals surface area contributed by atoms with Crippen LogP contribution in [0.5, 0.6) is 0 Å². The van der Waals surface area contributed by atoms with Gasteiger partial charge in [-0.2, -0.15) is 0 Å². The van der Waals surface area contributed by atoms with Crippen molar-refractivity contribution in [3.05, 3.63) is 69.7 Å². The average molecular weight is 306 g/mol. The highest BCUT2D eigenvalue weighted by molar-refractivity contribution is 6.35. The van der Waals surface area contributed by atoms with Crippen LogP contribution in [0.3, 0.4) is 0 Å². The van der Waals surface area contributed by atoms with Crippen molar-refractivity contribution in [2.75, 3.05) is 13.1 Å². The normalized spacial score (nSPS) is 16.7. The molecule has 1 heterocycles. The molecule has 3 rings (SSSR count). The lowest BCUT2D eigenvalue weighted by Gasteiger charge is -2.43. The van der Waals surface area contributed by atoms with E-state index in [2.05, 4.69) is 41.7 Å². The summed E-state index contributed by atoms with van der Waals surface area (Å²) in [5, 5.41) is 4.88. The molecule has 2 aromatic carbocycles. The van der Waals surface area contributed by atoms with E-state index in [1.807, 2.05) is 12.1 Å². The molecule has 0 amide bonds. The summed E-state index contributed by atoms with van der Waals surface area (Å²) in [5.41, 5.74) is 2.85. The number of benzene rings is 2. The number of halogens is 2. The highest BCUT2D eigenvalue weighted by Crippen LogP contribution is 2.34. The molecule has 1 fully saturated rings. The van der Waals surface area contributed by atoms with E-state index in [1.54, 1.807) is 0 Å². The fourth-order valence-electron chi connectivity index (χ4n) is 2.89. The van der Waals surface area contributed by atoms with Gasteiger partial charge >= 0.3 is 0 Å². The second kappa shape index (κ2) is 5.77. The molecule has 1 nitrogen and oxygen atoms in total. The number of hydrogen-bond donors (Lipinski definition) is 1. The summed E-state index contributed by atoms with van der Waals surface area (Å²) in [5.74, 6) is 0. The zero-order valence-electron chi connectivity index (χ0n) is 11.2. The van der Waals surface area contributed by atoms with Gasteiger partial charge in [-0.25, -0.2) is 0 Å². The maximum absolute atomic E-state index is 6.31. The smallest absolute Gasteiger partial charge is 0.0453 e. The van der Waals surface area contributed by atoms with Crippen molar-refractivity contribution in [2.24, 2.45) is 5.41 Å². The quantitative estimate of drug-likeness (QED) is 0.884. The standard InChI is InChI=1S/C17H17Cl2N/c18-15-7-6-14(16(19)8-15)10-17(11-20-12-17)9-13-4-2-1-3-5-13/h1-8,20H,9-12H2. The van der Waals surface area contributed by atoms with Crippen molar-refractivity contribution < 1.29 is 0 Å². The lowest BCUT2D eigenvalue weighted by Crippen LogP contribution is -2.56. The van der Waals surface area contributed by atoms with Crippen LogP contribution in [-0.4, -0.2) is 13.1 Å². The summed E-state index contributed by atoms with van der Waals surface area (Å²) in [6, 6.07) is 16.5. The van der Waals surface area contributed by atoms with E-state index in [0.29, 0.717) is 5.02 Å². The van der Waals surface area contributed by atoms with Crippen LogP contribution in [0.25, 0.3) is 0 Å². The van der Waals surface area contributed by atoms with Gasteiger partial charge in [0, 0.05) is 28.5 Å². The Balaban J connectivity index is 1.79. The van der Waals surface area contributed by atoms with Gasteiger partial charge in [0.1, 0.15) is 0 Å². The lowest BCUT2D eigenvalue weighted by atomic mass is 9.72. The van der Waals surface area contributed by atoms with Crippen LogP contribution in [0.1, 0.15) is 11.1 Å². The molecular formula is C17H17Cl2N. The molecule has 0 bridgehead atoms. The molecule has 0 aromatic heterocycles. The fraction of sp³-hybridized carbons (Fsp3) is 0.294. The molecular weight excluding hydrogens is 289 g/mol. The van der Waals surface area contributed by atoms with Gasteiger partial charge in [0.15, 0.2) is 0 Å². The third kappa shape index (κ3) is 3.01. The van der Waals surface area contributed by atoms with Gasteiger partial charge in [-0.15, -0.1) is 0 Å². The van der Waals surface area contributed by atoms with Crippen molar-refractivity contribution in [3.8, 4) is 0 Å². The second-order valence-corrected chi connectivity index (χ2v) is 6.52. The van der Waals surface area contributed by atoms with E-state index in [9.17, 15) is 0 Å². The van der Waals surface area contributed by atoms with Crippen LogP contribution >= 0.6 is 23.2 Å². The molecule has 0 radical (unpaired) electrons. The van der Waals surface area contributed by atoms with Crippen LogP contribution in [0.15, 0.2) is 48.5 Å². The molecule has 0 atom stereocenters. The number of hydrogen-bond acceptors (Lipinski definition) is 1. The van der Waals surface area contributed by atoms with Crippen molar-refractivity contribution in [3.63, 3.8) is 0 Å². The summed E-state index contributed by atoms with van der Waals surface area (Å²) in [7, 11) is 0. The summed E-state index contributed by atoms with van der Waals surface area (Å²) < 4.78 is 0. The van der Waals surface area contributed by atoms with Crippen LogP contribution in [0.2, 0.25) is 10.0 Å². The molecule has 0 saturated carbocycles. The molecule has 1 aliphatic heterocycles. The molecule has 1 aliphatic rings. The zero-order chi connectivity index (χ0) is 14.0. The first-order chi connectivity index (χ1) is 9.67. The minimum absolute atomic E-state index is 0.277. The van der Waals surface area contributed by atoms with Gasteiger partial charge in [0.05, 0.1) is 0 Å². The Morgan fingerprint density at radius 3 is 2.30 bits per heavy atom. The average Bonchev–Trinajstić information content (AvgIpc) is 2.40. The van der Waals surface area contributed by atoms with Crippen LogP contribution in [0.4, 0.5) is 0 Å². The van der Waals surface area contributed by atoms with Gasteiger partial charge in [-0.3, -0.25) is 0 Å². The van der Waals surface area contributed by atoms with Gasteiger partial charge < -0.3 is 5.32 Å². The molecule has 0 spiro atoms. The summed E-state index contributed by atoms with van der Waals surface area (Å²) in [6.45, 7) is 2.09. The van der Waals surface area contributed by atoms with Gasteiger partial charge in [0.2, 0.25) is 0 Å². The Hall–Kier alpha value is -1.02. The Morgan fingerprint density at radius 2 is 1.70 bits per heavy atom. The highest BCUT2D eigenvalue weighted by atomic mass is 35.5. The Kier molecular flexibility index (Phi) is 4.02. The zero-order valence-corrected chi connectivity index (χ0v) is 12.7. The third-order valence-corrected chi connectivity index (χ3v) is 4.59. The predicted octanol–water partition coefficient (Wildman–Crippen LogP) is 4.37. The summed E-state index contributed by atoms with van der Waals surface area (Å²) >= 11 is 12.3. The maximum Gasteiger partial charge on any atom is 0.0453 e. The van der Waals surface area contributed by atoms with E-state index in [4.69, 9.17) is 23.2 Å². The van der Waals surface area contributed by atoms with Crippen molar-refractivity contribution in [2.45, 2.75) is 12.8 Å². The second-order valence-electron chi connectivity index (χ2n) is 5.68. The lowest BCUT2D eigenvalue weighted by molar-refractivity contribution is 0.167. The van der Waals surface area contributed by atoms with Crippen molar-refractivity contribution in [1.82, 2.24) is 5.32 Å². The predicted molar refractivity (Wildman–Crippen MR) is 85.6 cm³/mol. The first-order valence-corrected chi connectivity index (χ1v) is 7.61. The maximum atomic E-state index is 6.31. The van der Waals surface area contributed by atoms with E-state index in [-0.39, 0.29) is 5.41 Å². The first-order valence-electron chi connectivity index (χ1n) is 6.86. The molecule has 20 heavy (non-hydrogen) atoms. The van der Waals surface area contributed by atoms with Crippen LogP contribution in [0, 0.1) is 5.41 Å². The highest BCUT2D eigenvalue weighted by Gasteiger charge is 2.37. The van der Waals surface area contributed by atoms with Crippen LogP contribution in [-0.2, 0) is 12.8 Å². The minimum atomic E-state index is 0.277. The fourth-order valence-corrected chi connectivity index (χ4v) is 3.36. The Morgan fingerprint density at radius 1 is 0.950 bits per heavy atom. The molecule has 0 aliphatic carbocycles. The van der Waals surface area contributed by atoms with Crippen molar-refractivity contribution >= 4 is 23.2 Å². The first kappa shape index (κ1) is 13.9. The van der Waals surface area contributed by atoms with E-state index >= 15 is 0 Å². The van der Waals surface area contributed by atoms with Crippen LogP contribution < -0.4 is 5.32 Å². The number of rotatable bonds is 4.